The highest BCUT2D eigenvalue weighted by atomic mass is 32.1. The number of anilines is 2. The van der Waals surface area contributed by atoms with Gasteiger partial charge < -0.3 is 25.6 Å². The molecule has 0 saturated heterocycles. The number of thiocarbonyl (C=S) groups is 1. The Bertz CT molecular complexity index is 1120. The van der Waals surface area contributed by atoms with Gasteiger partial charge in [0.1, 0.15) is 5.82 Å². The van der Waals surface area contributed by atoms with Crippen molar-refractivity contribution in [3.63, 3.8) is 0 Å². The summed E-state index contributed by atoms with van der Waals surface area (Å²) in [6, 6.07) is 11.7. The van der Waals surface area contributed by atoms with Gasteiger partial charge in [-0.2, -0.15) is 0 Å². The van der Waals surface area contributed by atoms with E-state index in [1.807, 2.05) is 38.7 Å². The maximum Gasteiger partial charge on any atom is 0.338 e. The van der Waals surface area contributed by atoms with Crippen molar-refractivity contribution in [1.82, 2.24) is 10.2 Å². The first kappa shape index (κ1) is 25.2. The zero-order chi connectivity index (χ0) is 24.8. The third-order valence-electron chi connectivity index (χ3n) is 5.24. The fourth-order valence-corrected chi connectivity index (χ4v) is 4.04. The molecular formula is C25H29FN4O3S. The van der Waals surface area contributed by atoms with E-state index in [4.69, 9.17) is 17.0 Å². The van der Waals surface area contributed by atoms with E-state index in [9.17, 15) is 14.0 Å². The molecule has 0 fully saturated rings. The zero-order valence-electron chi connectivity index (χ0n) is 19.6. The number of nitrogens with zero attached hydrogens (tertiary/aromatic N) is 1. The molecule has 2 amide bonds. The number of halogens is 1. The molecule has 1 atom stereocenters. The number of amides is 2. The molecular weight excluding hydrogens is 455 g/mol. The lowest BCUT2D eigenvalue weighted by molar-refractivity contribution is -0.140. The first-order valence-electron chi connectivity index (χ1n) is 11.1. The highest BCUT2D eigenvalue weighted by Gasteiger charge is 2.34. The van der Waals surface area contributed by atoms with Crippen LogP contribution in [0.15, 0.2) is 59.8 Å². The van der Waals surface area contributed by atoms with Crippen LogP contribution in [0.3, 0.4) is 0 Å². The van der Waals surface area contributed by atoms with E-state index >= 15 is 0 Å². The van der Waals surface area contributed by atoms with Crippen molar-refractivity contribution in [2.24, 2.45) is 5.92 Å². The monoisotopic (exact) mass is 484 g/mol. The van der Waals surface area contributed by atoms with Gasteiger partial charge in [0.15, 0.2) is 5.11 Å². The summed E-state index contributed by atoms with van der Waals surface area (Å²) in [5.74, 6) is -0.654. The average molecular weight is 485 g/mol. The number of urea groups is 1. The molecule has 3 N–H and O–H groups in total. The summed E-state index contributed by atoms with van der Waals surface area (Å²) in [5, 5.41) is 9.08. The second-order valence-electron chi connectivity index (χ2n) is 8.33. The third-order valence-corrected chi connectivity index (χ3v) is 5.58. The SMILES string of the molecule is CCN1C(=S)NC(c2cccc(NC(=O)Nc3cccc(F)c3)c2)C(C(=O)OCC(C)C)=C1C. The van der Waals surface area contributed by atoms with E-state index in [0.717, 1.165) is 11.3 Å². The highest BCUT2D eigenvalue weighted by Crippen LogP contribution is 2.32. The van der Waals surface area contributed by atoms with Crippen LogP contribution >= 0.6 is 12.2 Å². The summed E-state index contributed by atoms with van der Waals surface area (Å²) in [6.45, 7) is 8.67. The maximum atomic E-state index is 13.4. The average Bonchev–Trinajstić information content (AvgIpc) is 2.77. The summed E-state index contributed by atoms with van der Waals surface area (Å²) in [4.78, 5) is 27.3. The van der Waals surface area contributed by atoms with Crippen LogP contribution in [0.2, 0.25) is 0 Å². The smallest absolute Gasteiger partial charge is 0.338 e. The van der Waals surface area contributed by atoms with E-state index < -0.39 is 23.9 Å². The fourth-order valence-electron chi connectivity index (χ4n) is 3.65. The van der Waals surface area contributed by atoms with E-state index in [0.29, 0.717) is 35.2 Å². The van der Waals surface area contributed by atoms with Crippen LogP contribution in [0, 0.1) is 11.7 Å². The predicted molar refractivity (Wildman–Crippen MR) is 135 cm³/mol. The number of benzene rings is 2. The summed E-state index contributed by atoms with van der Waals surface area (Å²) in [5.41, 5.74) is 2.77. The van der Waals surface area contributed by atoms with Gasteiger partial charge in [0.25, 0.3) is 0 Å². The lowest BCUT2D eigenvalue weighted by atomic mass is 9.94. The van der Waals surface area contributed by atoms with E-state index in [1.54, 1.807) is 24.3 Å². The Morgan fingerprint density at radius 2 is 1.79 bits per heavy atom. The van der Waals surface area contributed by atoms with Gasteiger partial charge in [0.05, 0.1) is 18.2 Å². The van der Waals surface area contributed by atoms with E-state index in [1.165, 1.54) is 18.2 Å². The van der Waals surface area contributed by atoms with Crippen LogP contribution in [0.25, 0.3) is 0 Å². The van der Waals surface area contributed by atoms with Gasteiger partial charge >= 0.3 is 12.0 Å². The normalized spacial score (nSPS) is 15.8. The number of ether oxygens (including phenoxy) is 1. The molecule has 1 heterocycles. The zero-order valence-corrected chi connectivity index (χ0v) is 20.5. The van der Waals surface area contributed by atoms with Crippen molar-refractivity contribution < 1.29 is 18.7 Å². The predicted octanol–water partition coefficient (Wildman–Crippen LogP) is 5.19. The molecule has 1 unspecified atom stereocenters. The number of esters is 1. The topological polar surface area (TPSA) is 82.7 Å². The van der Waals surface area contributed by atoms with E-state index in [2.05, 4.69) is 16.0 Å². The quantitative estimate of drug-likeness (QED) is 0.370. The lowest BCUT2D eigenvalue weighted by Gasteiger charge is -2.37. The van der Waals surface area contributed by atoms with E-state index in [-0.39, 0.29) is 5.92 Å². The molecule has 1 aliphatic rings. The maximum absolute atomic E-state index is 13.4. The minimum atomic E-state index is -0.539. The highest BCUT2D eigenvalue weighted by molar-refractivity contribution is 7.80. The molecule has 0 radical (unpaired) electrons. The summed E-state index contributed by atoms with van der Waals surface area (Å²) in [7, 11) is 0. The minimum absolute atomic E-state index is 0.201. The second-order valence-corrected chi connectivity index (χ2v) is 8.72. The number of hydrogen-bond acceptors (Lipinski definition) is 4. The Balaban J connectivity index is 1.85. The molecule has 0 bridgehead atoms. The Labute approximate surface area is 204 Å². The number of nitrogens with one attached hydrogen (secondary N) is 3. The third kappa shape index (κ3) is 6.11. The van der Waals surface area contributed by atoms with Crippen LogP contribution in [0.1, 0.15) is 39.3 Å². The van der Waals surface area contributed by atoms with Gasteiger partial charge in [-0.25, -0.2) is 14.0 Å². The van der Waals surface area contributed by atoms with Crippen molar-refractivity contribution >= 4 is 40.7 Å². The number of rotatable bonds is 7. The van der Waals surface area contributed by atoms with Gasteiger partial charge in [-0.3, -0.25) is 0 Å². The number of allylic oxidation sites excluding steroid dienone is 1. The Morgan fingerprint density at radius 1 is 1.15 bits per heavy atom. The van der Waals surface area contributed by atoms with Gasteiger partial charge in [-0.05, 0) is 67.9 Å². The van der Waals surface area contributed by atoms with Gasteiger partial charge in [-0.1, -0.05) is 32.0 Å². The van der Waals surface area contributed by atoms with Crippen molar-refractivity contribution in [2.45, 2.75) is 33.7 Å². The molecule has 0 spiro atoms. The first-order valence-corrected chi connectivity index (χ1v) is 11.5. The van der Waals surface area contributed by atoms with Crippen molar-refractivity contribution in [3.8, 4) is 0 Å². The number of carbonyl (C=O) groups is 2. The number of carbonyl (C=O) groups excluding carboxylic acids is 2. The van der Waals surface area contributed by atoms with Gasteiger partial charge in [-0.15, -0.1) is 0 Å². The van der Waals surface area contributed by atoms with Gasteiger partial charge in [0, 0.05) is 23.6 Å². The molecule has 0 aromatic heterocycles. The second kappa shape index (κ2) is 11.1. The molecule has 34 heavy (non-hydrogen) atoms. The molecule has 2 aromatic rings. The Kier molecular flexibility index (Phi) is 8.22. The largest absolute Gasteiger partial charge is 0.462 e. The van der Waals surface area contributed by atoms with Crippen molar-refractivity contribution in [3.05, 3.63) is 71.2 Å². The lowest BCUT2D eigenvalue weighted by Crippen LogP contribution is -2.47. The summed E-state index contributed by atoms with van der Waals surface area (Å²) < 4.78 is 18.9. The van der Waals surface area contributed by atoms with Crippen molar-refractivity contribution in [1.29, 1.82) is 0 Å². The molecule has 2 aromatic carbocycles. The molecule has 9 heteroatoms. The van der Waals surface area contributed by atoms with Crippen LogP contribution in [-0.2, 0) is 9.53 Å². The molecule has 0 saturated carbocycles. The van der Waals surface area contributed by atoms with Crippen molar-refractivity contribution in [2.75, 3.05) is 23.8 Å². The minimum Gasteiger partial charge on any atom is -0.462 e. The molecule has 7 nitrogen and oxygen atoms in total. The molecule has 180 valence electrons. The molecule has 1 aliphatic heterocycles. The molecule has 0 aliphatic carbocycles. The Hall–Kier alpha value is -3.46. The number of hydrogen-bond donors (Lipinski definition) is 3. The van der Waals surface area contributed by atoms with Crippen LogP contribution in [0.4, 0.5) is 20.6 Å². The first-order chi connectivity index (χ1) is 16.2. The molecule has 3 rings (SSSR count). The fraction of sp³-hybridized carbons (Fsp3) is 0.320. The summed E-state index contributed by atoms with van der Waals surface area (Å²) >= 11 is 5.53. The van der Waals surface area contributed by atoms with Crippen LogP contribution in [-0.4, -0.2) is 35.2 Å². The standard InChI is InChI=1S/C25H29FN4O3S/c1-5-30-16(4)21(23(31)33-14-15(2)3)22(29-25(30)34)17-8-6-10-19(12-17)27-24(32)28-20-11-7-9-18(26)13-20/h6-13,15,22H,5,14H2,1-4H3,(H,29,34)(H2,27,28,32). The van der Waals surface area contributed by atoms with Gasteiger partial charge in [0.2, 0.25) is 0 Å². The Morgan fingerprint density at radius 3 is 2.41 bits per heavy atom. The summed E-state index contributed by atoms with van der Waals surface area (Å²) in [6.07, 6.45) is 0. The van der Waals surface area contributed by atoms with Crippen LogP contribution < -0.4 is 16.0 Å². The van der Waals surface area contributed by atoms with Crippen LogP contribution in [0.5, 0.6) is 0 Å².